The van der Waals surface area contributed by atoms with Crippen LogP contribution in [0.5, 0.6) is 0 Å². The molecule has 0 aliphatic carbocycles. The molecule has 0 aromatic carbocycles. The van der Waals surface area contributed by atoms with Crippen LogP contribution in [-0.4, -0.2) is 65.8 Å². The fourth-order valence-corrected chi connectivity index (χ4v) is 2.61. The Morgan fingerprint density at radius 3 is 2.25 bits per heavy atom. The molecular weight excluding hydrogens is 326 g/mol. The maximum absolute atomic E-state index is 11.4. The molecule has 2 aliphatic heterocycles. The molecule has 0 aromatic rings. The van der Waals surface area contributed by atoms with Gasteiger partial charge in [0.1, 0.15) is 12.7 Å². The first-order chi connectivity index (χ1) is 11.1. The summed E-state index contributed by atoms with van der Waals surface area (Å²) < 4.78 is 25.8. The van der Waals surface area contributed by atoms with Crippen LogP contribution in [0.15, 0.2) is 4.99 Å². The van der Waals surface area contributed by atoms with Crippen molar-refractivity contribution in [3.63, 3.8) is 0 Å². The van der Waals surface area contributed by atoms with E-state index in [0.717, 1.165) is 13.8 Å². The van der Waals surface area contributed by atoms with Crippen molar-refractivity contribution in [1.82, 2.24) is 0 Å². The summed E-state index contributed by atoms with van der Waals surface area (Å²) in [4.78, 5) is 37.9. The summed E-state index contributed by atoms with van der Waals surface area (Å²) in [5, 5.41) is 10.5. The summed E-state index contributed by atoms with van der Waals surface area (Å²) >= 11 is 0. The van der Waals surface area contributed by atoms with E-state index in [1.165, 1.54) is 13.8 Å². The highest BCUT2D eigenvalue weighted by atomic mass is 16.8. The normalized spacial score (nSPS) is 34.5. The maximum Gasteiger partial charge on any atom is 0.353 e. The number of aliphatic imine (C=N–C) groups is 1. The molecule has 0 bridgehead atoms. The number of aliphatic hydroxyl groups is 1. The van der Waals surface area contributed by atoms with E-state index >= 15 is 0 Å². The minimum absolute atomic E-state index is 0.106. The van der Waals surface area contributed by atoms with Crippen molar-refractivity contribution in [2.24, 2.45) is 4.99 Å². The number of esters is 3. The third kappa shape index (κ3) is 3.82. The molecule has 2 heterocycles. The van der Waals surface area contributed by atoms with Gasteiger partial charge in [-0.1, -0.05) is 0 Å². The molecule has 134 valence electrons. The van der Waals surface area contributed by atoms with Crippen LogP contribution < -0.4 is 0 Å². The SMILES string of the molecule is CC(=O)OCC1OC2(O)OC(C)=NC2C(OC(C)=O)C1OC(C)=O. The molecule has 10 nitrogen and oxygen atoms in total. The largest absolute Gasteiger partial charge is 0.463 e. The zero-order chi connectivity index (χ0) is 18.1. The highest BCUT2D eigenvalue weighted by molar-refractivity contribution is 5.76. The number of hydrogen-bond donors (Lipinski definition) is 1. The molecule has 0 saturated carbocycles. The topological polar surface area (TPSA) is 130 Å². The van der Waals surface area contributed by atoms with E-state index < -0.39 is 48.2 Å². The van der Waals surface area contributed by atoms with E-state index in [1.807, 2.05) is 0 Å². The summed E-state index contributed by atoms with van der Waals surface area (Å²) in [6.45, 7) is 4.64. The lowest BCUT2D eigenvalue weighted by Crippen LogP contribution is -2.65. The molecule has 2 aliphatic rings. The van der Waals surface area contributed by atoms with Crippen molar-refractivity contribution in [3.05, 3.63) is 0 Å². The number of carbonyl (C=O) groups excluding carboxylic acids is 3. The predicted molar refractivity (Wildman–Crippen MR) is 75.5 cm³/mol. The standard InChI is InChI=1S/C14H19NO9/c1-6-15-13-12(22-9(4)18)11(21-8(3)17)10(5-20-7(2)16)24-14(13,19)23-6/h10-13,19H,5H2,1-4H3. The second-order valence-electron chi connectivity index (χ2n) is 5.43. The summed E-state index contributed by atoms with van der Waals surface area (Å²) in [7, 11) is 0. The van der Waals surface area contributed by atoms with Crippen LogP contribution >= 0.6 is 0 Å². The van der Waals surface area contributed by atoms with Crippen LogP contribution in [0.2, 0.25) is 0 Å². The second-order valence-corrected chi connectivity index (χ2v) is 5.43. The van der Waals surface area contributed by atoms with Gasteiger partial charge in [-0.2, -0.15) is 0 Å². The van der Waals surface area contributed by atoms with Gasteiger partial charge in [0.05, 0.1) is 0 Å². The molecule has 24 heavy (non-hydrogen) atoms. The molecule has 5 unspecified atom stereocenters. The zero-order valence-electron chi connectivity index (χ0n) is 13.7. The van der Waals surface area contributed by atoms with Crippen LogP contribution in [0.3, 0.4) is 0 Å². The number of nitrogens with zero attached hydrogens (tertiary/aromatic N) is 1. The molecule has 1 saturated heterocycles. The van der Waals surface area contributed by atoms with Crippen LogP contribution in [0.1, 0.15) is 27.7 Å². The lowest BCUT2D eigenvalue weighted by Gasteiger charge is -2.44. The van der Waals surface area contributed by atoms with E-state index in [1.54, 1.807) is 0 Å². The highest BCUT2D eigenvalue weighted by Crippen LogP contribution is 2.38. The zero-order valence-corrected chi connectivity index (χ0v) is 13.7. The third-order valence-corrected chi connectivity index (χ3v) is 3.37. The highest BCUT2D eigenvalue weighted by Gasteiger charge is 2.62. The lowest BCUT2D eigenvalue weighted by molar-refractivity contribution is -0.389. The molecule has 1 fully saturated rings. The van der Waals surface area contributed by atoms with Gasteiger partial charge in [-0.3, -0.25) is 14.4 Å². The third-order valence-electron chi connectivity index (χ3n) is 3.37. The Balaban J connectivity index is 2.35. The molecule has 1 N–H and O–H groups in total. The van der Waals surface area contributed by atoms with E-state index in [9.17, 15) is 19.5 Å². The molecule has 0 radical (unpaired) electrons. The van der Waals surface area contributed by atoms with Gasteiger partial charge in [-0.05, 0) is 0 Å². The summed E-state index contributed by atoms with van der Waals surface area (Å²) in [6, 6.07) is -1.15. The first-order valence-corrected chi connectivity index (χ1v) is 7.24. The lowest BCUT2D eigenvalue weighted by atomic mass is 9.95. The van der Waals surface area contributed by atoms with Crippen LogP contribution in [0.25, 0.3) is 0 Å². The van der Waals surface area contributed by atoms with Gasteiger partial charge in [0.25, 0.3) is 0 Å². The van der Waals surface area contributed by atoms with Gasteiger partial charge in [0, 0.05) is 27.7 Å². The summed E-state index contributed by atoms with van der Waals surface area (Å²) in [6.07, 6.45) is -3.44. The van der Waals surface area contributed by atoms with Crippen molar-refractivity contribution < 1.29 is 43.2 Å². The summed E-state index contributed by atoms with van der Waals surface area (Å²) in [5.74, 6) is -4.05. The Morgan fingerprint density at radius 1 is 1.12 bits per heavy atom. The van der Waals surface area contributed by atoms with Gasteiger partial charge in [0.2, 0.25) is 0 Å². The van der Waals surface area contributed by atoms with Gasteiger partial charge < -0.3 is 28.8 Å². The van der Waals surface area contributed by atoms with Crippen molar-refractivity contribution in [2.45, 2.75) is 58.0 Å². The molecule has 0 amide bonds. The van der Waals surface area contributed by atoms with Crippen molar-refractivity contribution in [1.29, 1.82) is 0 Å². The first-order valence-electron chi connectivity index (χ1n) is 7.24. The Bertz CT molecular complexity index is 575. The minimum Gasteiger partial charge on any atom is -0.463 e. The Kier molecular flexibility index (Phi) is 5.09. The number of carbonyl (C=O) groups is 3. The van der Waals surface area contributed by atoms with Gasteiger partial charge in [0.15, 0.2) is 24.1 Å². The number of ether oxygens (including phenoxy) is 5. The van der Waals surface area contributed by atoms with E-state index in [-0.39, 0.29) is 12.5 Å². The molecule has 0 spiro atoms. The van der Waals surface area contributed by atoms with E-state index in [0.29, 0.717) is 0 Å². The molecule has 5 atom stereocenters. The fraction of sp³-hybridized carbons (Fsp3) is 0.714. The van der Waals surface area contributed by atoms with Crippen LogP contribution in [-0.2, 0) is 38.1 Å². The quantitative estimate of drug-likeness (QED) is 0.518. The average Bonchev–Trinajstić information content (AvgIpc) is 2.73. The summed E-state index contributed by atoms with van der Waals surface area (Å²) in [5.41, 5.74) is 0. The minimum atomic E-state index is -2.22. The smallest absolute Gasteiger partial charge is 0.353 e. The Morgan fingerprint density at radius 2 is 1.71 bits per heavy atom. The molecule has 0 aromatic heterocycles. The van der Waals surface area contributed by atoms with Crippen LogP contribution in [0, 0.1) is 0 Å². The Labute approximate surface area is 137 Å². The molecule has 10 heteroatoms. The van der Waals surface area contributed by atoms with Crippen molar-refractivity contribution >= 4 is 23.8 Å². The van der Waals surface area contributed by atoms with Gasteiger partial charge >= 0.3 is 23.9 Å². The van der Waals surface area contributed by atoms with E-state index in [4.69, 9.17) is 23.7 Å². The van der Waals surface area contributed by atoms with Gasteiger partial charge in [-0.15, -0.1) is 0 Å². The van der Waals surface area contributed by atoms with Crippen molar-refractivity contribution in [2.75, 3.05) is 6.61 Å². The number of hydrogen-bond acceptors (Lipinski definition) is 10. The van der Waals surface area contributed by atoms with Gasteiger partial charge in [-0.25, -0.2) is 4.99 Å². The number of rotatable bonds is 4. The number of fused-ring (bicyclic) bond motifs is 1. The monoisotopic (exact) mass is 345 g/mol. The fourth-order valence-electron chi connectivity index (χ4n) is 2.61. The Hall–Kier alpha value is -2.20. The van der Waals surface area contributed by atoms with Crippen molar-refractivity contribution in [3.8, 4) is 0 Å². The second kappa shape index (κ2) is 6.73. The average molecular weight is 345 g/mol. The maximum atomic E-state index is 11.4. The predicted octanol–water partition coefficient (Wildman–Crippen LogP) is -0.725. The molecule has 2 rings (SSSR count). The first kappa shape index (κ1) is 18.1. The van der Waals surface area contributed by atoms with E-state index in [2.05, 4.69) is 4.99 Å². The molecular formula is C14H19NO9. The van der Waals surface area contributed by atoms with Crippen LogP contribution in [0.4, 0.5) is 0 Å².